The predicted molar refractivity (Wildman–Crippen MR) is 71.7 cm³/mol. The quantitative estimate of drug-likeness (QED) is 0.851. The summed E-state index contributed by atoms with van der Waals surface area (Å²) in [6, 6.07) is 5.40. The van der Waals surface area contributed by atoms with Gasteiger partial charge < -0.3 is 14.5 Å². The van der Waals surface area contributed by atoms with Gasteiger partial charge in [0.15, 0.2) is 11.3 Å². The Kier molecular flexibility index (Phi) is 4.69. The monoisotopic (exact) mass is 359 g/mol. The molecule has 1 amide bonds. The van der Waals surface area contributed by atoms with Gasteiger partial charge in [0.2, 0.25) is 5.76 Å². The molecule has 1 aromatic carbocycles. The first kappa shape index (κ1) is 15.2. The number of halogens is 3. The summed E-state index contributed by atoms with van der Waals surface area (Å²) in [5.41, 5.74) is -0.0747. The molecule has 0 aliphatic carbocycles. The van der Waals surface area contributed by atoms with Gasteiger partial charge in [0.25, 0.3) is 5.91 Å². The van der Waals surface area contributed by atoms with E-state index in [4.69, 9.17) is 4.42 Å². The maximum absolute atomic E-state index is 12.9. The van der Waals surface area contributed by atoms with Crippen LogP contribution in [0, 0.1) is 11.6 Å². The van der Waals surface area contributed by atoms with Gasteiger partial charge in [-0.05, 0) is 40.2 Å². The highest BCUT2D eigenvalue weighted by atomic mass is 79.9. The lowest BCUT2D eigenvalue weighted by atomic mass is 10.3. The van der Waals surface area contributed by atoms with Crippen LogP contribution in [0.15, 0.2) is 39.4 Å². The number of ether oxygens (including phenoxy) is 1. The second kappa shape index (κ2) is 6.49. The van der Waals surface area contributed by atoms with E-state index < -0.39 is 30.1 Å². The van der Waals surface area contributed by atoms with Crippen LogP contribution in [0.5, 0.6) is 0 Å². The van der Waals surface area contributed by atoms with Crippen molar-refractivity contribution in [1.82, 2.24) is 0 Å². The van der Waals surface area contributed by atoms with Crippen LogP contribution < -0.4 is 5.32 Å². The number of hydrogen-bond donors (Lipinski definition) is 1. The van der Waals surface area contributed by atoms with Gasteiger partial charge in [-0.25, -0.2) is 13.6 Å². The van der Waals surface area contributed by atoms with Gasteiger partial charge in [-0.15, -0.1) is 0 Å². The number of esters is 1. The van der Waals surface area contributed by atoms with Crippen LogP contribution >= 0.6 is 15.9 Å². The number of anilines is 1. The van der Waals surface area contributed by atoms with Crippen LogP contribution in [-0.4, -0.2) is 18.5 Å². The lowest BCUT2D eigenvalue weighted by molar-refractivity contribution is -0.119. The van der Waals surface area contributed by atoms with Crippen molar-refractivity contribution in [3.8, 4) is 0 Å². The van der Waals surface area contributed by atoms with Gasteiger partial charge in [-0.3, -0.25) is 4.79 Å². The van der Waals surface area contributed by atoms with E-state index in [1.165, 1.54) is 12.1 Å². The summed E-state index contributed by atoms with van der Waals surface area (Å²) in [7, 11) is 0. The molecule has 1 aromatic heterocycles. The number of rotatable bonds is 4. The Balaban J connectivity index is 1.88. The number of nitrogens with one attached hydrogen (secondary N) is 1. The van der Waals surface area contributed by atoms with Crippen molar-refractivity contribution >= 4 is 33.5 Å². The zero-order valence-corrected chi connectivity index (χ0v) is 11.9. The van der Waals surface area contributed by atoms with E-state index in [1.54, 1.807) is 0 Å². The predicted octanol–water partition coefficient (Wildman–Crippen LogP) is 3.12. The zero-order chi connectivity index (χ0) is 15.4. The molecule has 1 heterocycles. The fraction of sp³-hybridized carbons (Fsp3) is 0.0769. The maximum Gasteiger partial charge on any atom is 0.374 e. The van der Waals surface area contributed by atoms with Crippen LogP contribution in [0.25, 0.3) is 0 Å². The van der Waals surface area contributed by atoms with Crippen LogP contribution in [-0.2, 0) is 9.53 Å². The highest BCUT2D eigenvalue weighted by Gasteiger charge is 2.14. The van der Waals surface area contributed by atoms with Crippen molar-refractivity contribution in [3.05, 3.63) is 52.4 Å². The van der Waals surface area contributed by atoms with E-state index >= 15 is 0 Å². The first-order valence-corrected chi connectivity index (χ1v) is 6.42. The Morgan fingerprint density at radius 3 is 2.43 bits per heavy atom. The minimum absolute atomic E-state index is 0.0747. The molecule has 0 radical (unpaired) electrons. The number of hydrogen-bond acceptors (Lipinski definition) is 4. The number of carbonyl (C=O) groups is 2. The molecule has 2 rings (SSSR count). The van der Waals surface area contributed by atoms with Crippen LogP contribution in [0.3, 0.4) is 0 Å². The second-order valence-corrected chi connectivity index (χ2v) is 4.67. The van der Waals surface area contributed by atoms with Crippen molar-refractivity contribution in [2.45, 2.75) is 0 Å². The van der Waals surface area contributed by atoms with Crippen molar-refractivity contribution < 1.29 is 27.5 Å². The van der Waals surface area contributed by atoms with Gasteiger partial charge >= 0.3 is 5.97 Å². The van der Waals surface area contributed by atoms with E-state index in [-0.39, 0.29) is 11.4 Å². The highest BCUT2D eigenvalue weighted by molar-refractivity contribution is 9.10. The van der Waals surface area contributed by atoms with Gasteiger partial charge in [-0.1, -0.05) is 0 Å². The summed E-state index contributed by atoms with van der Waals surface area (Å²) in [6.07, 6.45) is 0. The summed E-state index contributed by atoms with van der Waals surface area (Å²) in [4.78, 5) is 23.0. The molecule has 0 saturated heterocycles. The number of carbonyl (C=O) groups excluding carboxylic acids is 2. The van der Waals surface area contributed by atoms with Crippen molar-refractivity contribution in [2.75, 3.05) is 11.9 Å². The molecule has 0 bridgehead atoms. The third kappa shape index (κ3) is 4.38. The highest BCUT2D eigenvalue weighted by Crippen LogP contribution is 2.15. The van der Waals surface area contributed by atoms with Gasteiger partial charge in [0.05, 0.1) is 0 Å². The molecule has 8 heteroatoms. The molecule has 0 spiro atoms. The lowest BCUT2D eigenvalue weighted by Gasteiger charge is -2.06. The largest absolute Gasteiger partial charge is 0.450 e. The molecule has 0 atom stereocenters. The van der Waals surface area contributed by atoms with Crippen molar-refractivity contribution in [3.63, 3.8) is 0 Å². The third-order valence-electron chi connectivity index (χ3n) is 2.26. The molecule has 0 aliphatic heterocycles. The summed E-state index contributed by atoms with van der Waals surface area (Å²) >= 11 is 3.01. The third-order valence-corrected chi connectivity index (χ3v) is 2.68. The normalized spacial score (nSPS) is 10.2. The molecule has 0 saturated carbocycles. The average molecular weight is 360 g/mol. The number of furan rings is 1. The average Bonchev–Trinajstić information content (AvgIpc) is 2.81. The molecule has 0 unspecified atom stereocenters. The van der Waals surface area contributed by atoms with E-state index in [9.17, 15) is 18.4 Å². The molecule has 21 heavy (non-hydrogen) atoms. The first-order chi connectivity index (χ1) is 9.94. The molecular formula is C13H8BrF2NO4. The minimum Gasteiger partial charge on any atom is -0.450 e. The molecule has 1 N–H and O–H groups in total. The second-order valence-electron chi connectivity index (χ2n) is 3.89. The van der Waals surface area contributed by atoms with Gasteiger partial charge in [0.1, 0.15) is 11.6 Å². The standard InChI is InChI=1S/C13H8BrF2NO4/c14-11-2-1-10(21-11)13(19)20-6-12(18)17-9-4-7(15)3-8(16)5-9/h1-5H,6H2,(H,17,18). The van der Waals surface area contributed by atoms with Crippen LogP contribution in [0.1, 0.15) is 10.6 Å². The van der Waals surface area contributed by atoms with E-state index in [0.29, 0.717) is 10.7 Å². The topological polar surface area (TPSA) is 68.5 Å². The zero-order valence-electron chi connectivity index (χ0n) is 10.4. The minimum atomic E-state index is -0.832. The van der Waals surface area contributed by atoms with E-state index in [2.05, 4.69) is 26.0 Å². The van der Waals surface area contributed by atoms with Gasteiger partial charge in [0, 0.05) is 11.8 Å². The first-order valence-electron chi connectivity index (χ1n) is 5.62. The molecule has 0 fully saturated rings. The Morgan fingerprint density at radius 2 is 1.86 bits per heavy atom. The Bertz CT molecular complexity index is 666. The Labute approximate surface area is 126 Å². The SMILES string of the molecule is O=C(COC(=O)c1ccc(Br)o1)Nc1cc(F)cc(F)c1. The van der Waals surface area contributed by atoms with Crippen molar-refractivity contribution in [1.29, 1.82) is 0 Å². The fourth-order valence-electron chi connectivity index (χ4n) is 1.45. The lowest BCUT2D eigenvalue weighted by Crippen LogP contribution is -2.20. The summed E-state index contributed by atoms with van der Waals surface area (Å²) in [5.74, 6) is -3.31. The summed E-state index contributed by atoms with van der Waals surface area (Å²) < 4.78 is 35.8. The number of benzene rings is 1. The Hall–Kier alpha value is -2.22. The molecule has 0 aliphatic rings. The Morgan fingerprint density at radius 1 is 1.19 bits per heavy atom. The smallest absolute Gasteiger partial charge is 0.374 e. The van der Waals surface area contributed by atoms with Crippen LogP contribution in [0.2, 0.25) is 0 Å². The molecule has 2 aromatic rings. The molecule has 110 valence electrons. The van der Waals surface area contributed by atoms with E-state index in [1.807, 2.05) is 0 Å². The summed E-state index contributed by atoms with van der Waals surface area (Å²) in [5, 5.41) is 2.20. The van der Waals surface area contributed by atoms with E-state index in [0.717, 1.165) is 12.1 Å². The van der Waals surface area contributed by atoms with Crippen molar-refractivity contribution in [2.24, 2.45) is 0 Å². The molecular weight excluding hydrogens is 352 g/mol. The maximum atomic E-state index is 12.9. The van der Waals surface area contributed by atoms with Crippen LogP contribution in [0.4, 0.5) is 14.5 Å². The fourth-order valence-corrected chi connectivity index (χ4v) is 1.76. The molecule has 5 nitrogen and oxygen atoms in total. The summed E-state index contributed by atoms with van der Waals surface area (Å²) in [6.45, 7) is -0.616. The number of amides is 1. The van der Waals surface area contributed by atoms with Gasteiger partial charge in [-0.2, -0.15) is 0 Å².